The molecule has 3 heteroatoms. The van der Waals surface area contributed by atoms with E-state index in [1.54, 1.807) is 23.7 Å². The van der Waals surface area contributed by atoms with Crippen LogP contribution in [0.5, 0.6) is 0 Å². The lowest BCUT2D eigenvalue weighted by Gasteiger charge is -2.19. The van der Waals surface area contributed by atoms with E-state index in [2.05, 4.69) is 139 Å². The van der Waals surface area contributed by atoms with Gasteiger partial charge in [-0.15, -0.1) is 11.3 Å². The minimum Gasteiger partial charge on any atom is -0.252 e. The van der Waals surface area contributed by atoms with Crippen LogP contribution in [0.1, 0.15) is 4.88 Å². The molecular formula is C41H26N2S. The molecule has 0 aliphatic carbocycles. The molecule has 0 aliphatic heterocycles. The van der Waals surface area contributed by atoms with Gasteiger partial charge in [0.2, 0.25) is 0 Å². The second-order valence-corrected chi connectivity index (χ2v) is 12.6. The Hall–Kier alpha value is -5.38. The molecule has 2 heterocycles. The van der Waals surface area contributed by atoms with Crippen molar-refractivity contribution in [1.29, 1.82) is 0 Å². The van der Waals surface area contributed by atoms with E-state index in [1.807, 2.05) is 0 Å². The van der Waals surface area contributed by atoms with Crippen LogP contribution in [0, 0.1) is 6.92 Å². The average molecular weight is 579 g/mol. The second kappa shape index (κ2) is 9.84. The van der Waals surface area contributed by atoms with Crippen molar-refractivity contribution in [2.75, 3.05) is 0 Å². The lowest BCUT2D eigenvalue weighted by atomic mass is 9.84. The SMILES string of the molecule is Cc1sc(-c2ccc3c(-c4ccc5ccccc5c4)c4ccccc4c(-c4ccc5ccccc5c4)c3c2)c2nccnc12. The Labute approximate surface area is 258 Å². The zero-order chi connectivity index (χ0) is 29.2. The van der Waals surface area contributed by atoms with Gasteiger partial charge in [-0.2, -0.15) is 0 Å². The number of hydrogen-bond acceptors (Lipinski definition) is 3. The van der Waals surface area contributed by atoms with Gasteiger partial charge >= 0.3 is 0 Å². The van der Waals surface area contributed by atoms with Crippen LogP contribution < -0.4 is 0 Å². The van der Waals surface area contributed by atoms with Crippen LogP contribution in [0.3, 0.4) is 0 Å². The summed E-state index contributed by atoms with van der Waals surface area (Å²) in [6, 6.07) is 46.8. The zero-order valence-electron chi connectivity index (χ0n) is 24.1. The van der Waals surface area contributed by atoms with Gasteiger partial charge in [0.05, 0.1) is 4.88 Å². The number of benzene rings is 7. The smallest absolute Gasteiger partial charge is 0.108 e. The number of aromatic nitrogens is 2. The van der Waals surface area contributed by atoms with Gasteiger partial charge in [0.1, 0.15) is 11.0 Å². The molecule has 0 unspecified atom stereocenters. The van der Waals surface area contributed by atoms with E-state index in [0.717, 1.165) is 15.9 Å². The minimum atomic E-state index is 0.970. The topological polar surface area (TPSA) is 25.8 Å². The average Bonchev–Trinajstić information content (AvgIpc) is 3.42. The molecular weight excluding hydrogens is 553 g/mol. The number of nitrogens with zero attached hydrogens (tertiary/aromatic N) is 2. The van der Waals surface area contributed by atoms with Crippen molar-refractivity contribution in [2.24, 2.45) is 0 Å². The first-order chi connectivity index (χ1) is 21.7. The van der Waals surface area contributed by atoms with Gasteiger partial charge in [-0.25, -0.2) is 0 Å². The molecule has 0 N–H and O–H groups in total. The first kappa shape index (κ1) is 25.1. The van der Waals surface area contributed by atoms with Crippen LogP contribution in [0.25, 0.3) is 86.8 Å². The highest BCUT2D eigenvalue weighted by atomic mass is 32.1. The molecule has 0 atom stereocenters. The molecule has 9 rings (SSSR count). The molecule has 0 saturated heterocycles. The highest BCUT2D eigenvalue weighted by Crippen LogP contribution is 2.46. The van der Waals surface area contributed by atoms with E-state index >= 15 is 0 Å². The standard InChI is InChI=1S/C41H26N2S/c1-25-39-40(43-21-20-42-39)41(44-25)32-18-19-35-36(24-32)38(31-17-15-27-9-3-5-11-29(27)23-31)34-13-7-6-12-33(34)37(35)30-16-14-26-8-2-4-10-28(26)22-30/h2-24H,1H3. The molecule has 0 spiro atoms. The van der Waals surface area contributed by atoms with E-state index in [9.17, 15) is 0 Å². The Morgan fingerprint density at radius 3 is 1.57 bits per heavy atom. The van der Waals surface area contributed by atoms with E-state index in [1.165, 1.54) is 75.8 Å². The van der Waals surface area contributed by atoms with Gasteiger partial charge in [-0.3, -0.25) is 9.97 Å². The number of hydrogen-bond donors (Lipinski definition) is 0. The summed E-state index contributed by atoms with van der Waals surface area (Å²) in [7, 11) is 0. The number of rotatable bonds is 3. The lowest BCUT2D eigenvalue weighted by molar-refractivity contribution is 1.30. The fourth-order valence-electron chi connectivity index (χ4n) is 6.84. The highest BCUT2D eigenvalue weighted by molar-refractivity contribution is 7.17. The molecule has 0 amide bonds. The monoisotopic (exact) mass is 578 g/mol. The number of aryl methyl sites for hydroxylation is 1. The predicted octanol–water partition coefficient (Wildman–Crippen LogP) is 11.6. The molecule has 0 aliphatic rings. The Morgan fingerprint density at radius 1 is 0.432 bits per heavy atom. The molecule has 9 aromatic rings. The van der Waals surface area contributed by atoms with Crippen molar-refractivity contribution >= 4 is 65.5 Å². The highest BCUT2D eigenvalue weighted by Gasteiger charge is 2.20. The van der Waals surface area contributed by atoms with Gasteiger partial charge in [-0.1, -0.05) is 109 Å². The van der Waals surface area contributed by atoms with Crippen molar-refractivity contribution in [3.05, 3.63) is 145 Å². The normalized spacial score (nSPS) is 11.8. The second-order valence-electron chi connectivity index (χ2n) is 11.4. The molecule has 206 valence electrons. The largest absolute Gasteiger partial charge is 0.252 e. The van der Waals surface area contributed by atoms with Crippen molar-refractivity contribution in [1.82, 2.24) is 9.97 Å². The van der Waals surface area contributed by atoms with Gasteiger partial charge in [0.25, 0.3) is 0 Å². The first-order valence-corrected chi connectivity index (χ1v) is 15.7. The van der Waals surface area contributed by atoms with E-state index < -0.39 is 0 Å². The third kappa shape index (κ3) is 3.87. The van der Waals surface area contributed by atoms with Gasteiger partial charge < -0.3 is 0 Å². The zero-order valence-corrected chi connectivity index (χ0v) is 24.9. The van der Waals surface area contributed by atoms with Crippen molar-refractivity contribution in [3.63, 3.8) is 0 Å². The fourth-order valence-corrected chi connectivity index (χ4v) is 7.88. The molecule has 0 radical (unpaired) electrons. The molecule has 2 aromatic heterocycles. The molecule has 0 bridgehead atoms. The summed E-state index contributed by atoms with van der Waals surface area (Å²) in [5.41, 5.74) is 8.10. The van der Waals surface area contributed by atoms with Gasteiger partial charge in [0.15, 0.2) is 0 Å². The van der Waals surface area contributed by atoms with Crippen LogP contribution >= 0.6 is 11.3 Å². The lowest BCUT2D eigenvalue weighted by Crippen LogP contribution is -1.92. The van der Waals surface area contributed by atoms with E-state index in [-0.39, 0.29) is 0 Å². The van der Waals surface area contributed by atoms with E-state index in [4.69, 9.17) is 4.98 Å². The summed E-state index contributed by atoms with van der Waals surface area (Å²) in [6.07, 6.45) is 3.58. The molecule has 44 heavy (non-hydrogen) atoms. The number of thiophene rings is 1. The third-order valence-electron chi connectivity index (χ3n) is 8.86. The van der Waals surface area contributed by atoms with Crippen molar-refractivity contribution in [3.8, 4) is 32.7 Å². The summed E-state index contributed by atoms with van der Waals surface area (Å²) in [6.45, 7) is 2.14. The van der Waals surface area contributed by atoms with Crippen LogP contribution in [-0.4, -0.2) is 9.97 Å². The van der Waals surface area contributed by atoms with E-state index in [0.29, 0.717) is 0 Å². The Morgan fingerprint density at radius 2 is 0.932 bits per heavy atom. The maximum Gasteiger partial charge on any atom is 0.108 e. The van der Waals surface area contributed by atoms with Crippen molar-refractivity contribution in [2.45, 2.75) is 6.92 Å². The maximum atomic E-state index is 4.77. The molecule has 0 fully saturated rings. The van der Waals surface area contributed by atoms with Gasteiger partial charge in [-0.05, 0) is 96.0 Å². The first-order valence-electron chi connectivity index (χ1n) is 14.9. The van der Waals surface area contributed by atoms with Crippen LogP contribution in [-0.2, 0) is 0 Å². The Kier molecular flexibility index (Phi) is 5.62. The summed E-state index contributed by atoms with van der Waals surface area (Å²) in [5.74, 6) is 0. The summed E-state index contributed by atoms with van der Waals surface area (Å²) in [4.78, 5) is 11.8. The molecule has 0 saturated carbocycles. The van der Waals surface area contributed by atoms with Crippen LogP contribution in [0.4, 0.5) is 0 Å². The predicted molar refractivity (Wildman–Crippen MR) is 188 cm³/mol. The Bertz CT molecular complexity index is 2580. The summed E-state index contributed by atoms with van der Waals surface area (Å²) >= 11 is 1.77. The minimum absolute atomic E-state index is 0.970. The van der Waals surface area contributed by atoms with Crippen LogP contribution in [0.2, 0.25) is 0 Å². The fraction of sp³-hybridized carbons (Fsp3) is 0.0244. The molecule has 7 aromatic carbocycles. The quantitative estimate of drug-likeness (QED) is 0.195. The Balaban J connectivity index is 1.42. The van der Waals surface area contributed by atoms with Crippen molar-refractivity contribution < 1.29 is 0 Å². The van der Waals surface area contributed by atoms with Gasteiger partial charge in [0, 0.05) is 17.3 Å². The molecule has 2 nitrogen and oxygen atoms in total. The summed E-state index contributed by atoms with van der Waals surface area (Å²) < 4.78 is 0. The number of fused-ring (bicyclic) bond motifs is 5. The van der Waals surface area contributed by atoms with Crippen LogP contribution in [0.15, 0.2) is 140 Å². The maximum absolute atomic E-state index is 4.77. The summed E-state index contributed by atoms with van der Waals surface area (Å²) in [5, 5.41) is 9.98. The third-order valence-corrected chi connectivity index (χ3v) is 10.00.